The van der Waals surface area contributed by atoms with Gasteiger partial charge in [-0.2, -0.15) is 0 Å². The third-order valence-corrected chi connectivity index (χ3v) is 2.66. The third-order valence-electron chi connectivity index (χ3n) is 2.22. The molecule has 78 valence electrons. The van der Waals surface area contributed by atoms with E-state index in [0.29, 0.717) is 0 Å². The molecule has 0 saturated carbocycles. The largest absolute Gasteiger partial charge is 0.496 e. The van der Waals surface area contributed by atoms with Gasteiger partial charge in [0, 0.05) is 5.56 Å². The first-order valence-electron chi connectivity index (χ1n) is 4.56. The summed E-state index contributed by atoms with van der Waals surface area (Å²) in [7, 11) is 3.49. The standard InChI is InChI=1S/C11H16ClNO/c1-7-5-8(2)10(11(12)13-3)9(6-7)14-4/h5-6,11,13H,1-4H3. The Labute approximate surface area is 90.2 Å². The van der Waals surface area contributed by atoms with Crippen LogP contribution in [-0.4, -0.2) is 14.2 Å². The van der Waals surface area contributed by atoms with E-state index in [9.17, 15) is 0 Å². The lowest BCUT2D eigenvalue weighted by Crippen LogP contribution is -2.12. The van der Waals surface area contributed by atoms with Crippen LogP contribution in [0.4, 0.5) is 0 Å². The molecule has 0 radical (unpaired) electrons. The molecule has 2 nitrogen and oxygen atoms in total. The first kappa shape index (κ1) is 11.3. The molecule has 0 heterocycles. The van der Waals surface area contributed by atoms with Crippen LogP contribution in [0.25, 0.3) is 0 Å². The molecule has 0 aliphatic carbocycles. The highest BCUT2D eigenvalue weighted by Crippen LogP contribution is 2.31. The van der Waals surface area contributed by atoms with Crippen LogP contribution < -0.4 is 10.1 Å². The van der Waals surface area contributed by atoms with Crippen molar-refractivity contribution in [2.24, 2.45) is 0 Å². The summed E-state index contributed by atoms with van der Waals surface area (Å²) in [5, 5.41) is 3.00. The Morgan fingerprint density at radius 1 is 1.36 bits per heavy atom. The highest BCUT2D eigenvalue weighted by Gasteiger charge is 2.14. The first-order chi connectivity index (χ1) is 6.60. The van der Waals surface area contributed by atoms with Gasteiger partial charge >= 0.3 is 0 Å². The van der Waals surface area contributed by atoms with Crippen LogP contribution in [0.3, 0.4) is 0 Å². The summed E-state index contributed by atoms with van der Waals surface area (Å²) in [5.74, 6) is 0.844. The molecule has 0 fully saturated rings. The van der Waals surface area contributed by atoms with Crippen molar-refractivity contribution in [2.45, 2.75) is 19.3 Å². The van der Waals surface area contributed by atoms with E-state index in [1.807, 2.05) is 27.0 Å². The van der Waals surface area contributed by atoms with Gasteiger partial charge in [0.15, 0.2) is 0 Å². The van der Waals surface area contributed by atoms with Crippen molar-refractivity contribution in [3.8, 4) is 5.75 Å². The van der Waals surface area contributed by atoms with E-state index in [-0.39, 0.29) is 5.50 Å². The maximum atomic E-state index is 6.14. The molecule has 1 aromatic carbocycles. The number of hydrogen-bond donors (Lipinski definition) is 1. The molecule has 1 rings (SSSR count). The molecule has 0 aliphatic heterocycles. The number of benzene rings is 1. The Bertz CT molecular complexity index is 325. The molecular formula is C11H16ClNO. The molecule has 1 unspecified atom stereocenters. The van der Waals surface area contributed by atoms with Crippen molar-refractivity contribution in [3.05, 3.63) is 28.8 Å². The Hall–Kier alpha value is -0.730. The molecule has 0 aromatic heterocycles. The van der Waals surface area contributed by atoms with Crippen molar-refractivity contribution in [1.29, 1.82) is 0 Å². The maximum absolute atomic E-state index is 6.14. The van der Waals surface area contributed by atoms with Gasteiger partial charge in [0.2, 0.25) is 0 Å². The highest BCUT2D eigenvalue weighted by atomic mass is 35.5. The van der Waals surface area contributed by atoms with Gasteiger partial charge in [-0.05, 0) is 38.1 Å². The smallest absolute Gasteiger partial charge is 0.125 e. The SMILES string of the molecule is CNC(Cl)c1c(C)cc(C)cc1OC. The number of alkyl halides is 1. The average Bonchev–Trinajstić information content (AvgIpc) is 2.15. The summed E-state index contributed by atoms with van der Waals surface area (Å²) in [6.07, 6.45) is 0. The van der Waals surface area contributed by atoms with Crippen molar-refractivity contribution in [1.82, 2.24) is 5.32 Å². The van der Waals surface area contributed by atoms with E-state index < -0.39 is 0 Å². The van der Waals surface area contributed by atoms with E-state index in [1.165, 1.54) is 5.56 Å². The summed E-state index contributed by atoms with van der Waals surface area (Å²) in [4.78, 5) is 0. The zero-order valence-corrected chi connectivity index (χ0v) is 9.77. The molecule has 3 heteroatoms. The Morgan fingerprint density at radius 3 is 2.50 bits per heavy atom. The Morgan fingerprint density at radius 2 is 2.00 bits per heavy atom. The van der Waals surface area contributed by atoms with Crippen LogP contribution in [0.1, 0.15) is 22.2 Å². The summed E-state index contributed by atoms with van der Waals surface area (Å²) < 4.78 is 5.31. The van der Waals surface area contributed by atoms with Gasteiger partial charge in [-0.1, -0.05) is 6.07 Å². The maximum Gasteiger partial charge on any atom is 0.125 e. The van der Waals surface area contributed by atoms with E-state index in [2.05, 4.69) is 11.4 Å². The van der Waals surface area contributed by atoms with Crippen molar-refractivity contribution in [3.63, 3.8) is 0 Å². The molecule has 0 amide bonds. The number of ether oxygens (including phenoxy) is 1. The number of halogens is 1. The Kier molecular flexibility index (Phi) is 3.78. The van der Waals surface area contributed by atoms with Crippen LogP contribution in [0.2, 0.25) is 0 Å². The molecule has 0 saturated heterocycles. The first-order valence-corrected chi connectivity index (χ1v) is 5.00. The van der Waals surface area contributed by atoms with E-state index in [0.717, 1.165) is 16.9 Å². The third kappa shape index (κ3) is 2.20. The fraction of sp³-hybridized carbons (Fsp3) is 0.455. The zero-order chi connectivity index (χ0) is 10.7. The van der Waals surface area contributed by atoms with Crippen molar-refractivity contribution < 1.29 is 4.74 Å². The lowest BCUT2D eigenvalue weighted by molar-refractivity contribution is 0.407. The predicted molar refractivity (Wildman–Crippen MR) is 60.1 cm³/mol. The van der Waals surface area contributed by atoms with Crippen LogP contribution >= 0.6 is 11.6 Å². The lowest BCUT2D eigenvalue weighted by atomic mass is 10.0. The van der Waals surface area contributed by atoms with Gasteiger partial charge in [0.25, 0.3) is 0 Å². The zero-order valence-electron chi connectivity index (χ0n) is 9.02. The minimum atomic E-state index is -0.203. The van der Waals surface area contributed by atoms with Gasteiger partial charge in [0.05, 0.1) is 7.11 Å². The monoisotopic (exact) mass is 213 g/mol. The number of hydrogen-bond acceptors (Lipinski definition) is 2. The van der Waals surface area contributed by atoms with Crippen LogP contribution in [0.15, 0.2) is 12.1 Å². The lowest BCUT2D eigenvalue weighted by Gasteiger charge is -2.16. The van der Waals surface area contributed by atoms with Crippen LogP contribution in [-0.2, 0) is 0 Å². The summed E-state index contributed by atoms with van der Waals surface area (Å²) in [6.45, 7) is 4.08. The number of nitrogens with one attached hydrogen (secondary N) is 1. The molecule has 0 aliphatic rings. The average molecular weight is 214 g/mol. The van der Waals surface area contributed by atoms with Crippen molar-refractivity contribution in [2.75, 3.05) is 14.2 Å². The topological polar surface area (TPSA) is 21.3 Å². The number of rotatable bonds is 3. The van der Waals surface area contributed by atoms with Gasteiger partial charge in [-0.25, -0.2) is 0 Å². The predicted octanol–water partition coefficient (Wildman–Crippen LogP) is 2.77. The fourth-order valence-electron chi connectivity index (χ4n) is 1.58. The normalized spacial score (nSPS) is 12.6. The van der Waals surface area contributed by atoms with E-state index >= 15 is 0 Å². The van der Waals surface area contributed by atoms with Gasteiger partial charge < -0.3 is 10.1 Å². The second-order valence-electron chi connectivity index (χ2n) is 3.35. The quantitative estimate of drug-likeness (QED) is 0.616. The molecule has 14 heavy (non-hydrogen) atoms. The van der Waals surface area contributed by atoms with Crippen LogP contribution in [0.5, 0.6) is 5.75 Å². The van der Waals surface area contributed by atoms with E-state index in [1.54, 1.807) is 7.11 Å². The molecule has 1 N–H and O–H groups in total. The summed E-state index contributed by atoms with van der Waals surface area (Å²) in [5.41, 5.74) is 3.15. The second-order valence-corrected chi connectivity index (χ2v) is 3.79. The summed E-state index contributed by atoms with van der Waals surface area (Å²) >= 11 is 6.14. The number of methoxy groups -OCH3 is 1. The highest BCUT2D eigenvalue weighted by molar-refractivity contribution is 6.20. The number of aryl methyl sites for hydroxylation is 2. The molecule has 1 atom stereocenters. The van der Waals surface area contributed by atoms with Gasteiger partial charge in [-0.3, -0.25) is 0 Å². The minimum absolute atomic E-state index is 0.203. The Balaban J connectivity index is 3.24. The molecule has 1 aromatic rings. The van der Waals surface area contributed by atoms with Gasteiger partial charge in [-0.15, -0.1) is 11.6 Å². The molecular weight excluding hydrogens is 198 g/mol. The molecule has 0 spiro atoms. The van der Waals surface area contributed by atoms with Crippen molar-refractivity contribution >= 4 is 11.6 Å². The van der Waals surface area contributed by atoms with Crippen LogP contribution in [0, 0.1) is 13.8 Å². The minimum Gasteiger partial charge on any atom is -0.496 e. The van der Waals surface area contributed by atoms with Gasteiger partial charge in [0.1, 0.15) is 11.3 Å². The second kappa shape index (κ2) is 4.67. The fourth-order valence-corrected chi connectivity index (χ4v) is 1.86. The molecule has 0 bridgehead atoms. The summed E-state index contributed by atoms with van der Waals surface area (Å²) in [6, 6.07) is 4.10. The van der Waals surface area contributed by atoms with E-state index in [4.69, 9.17) is 16.3 Å².